The third kappa shape index (κ3) is 4.08. The molecule has 3 heteroatoms. The van der Waals surface area contributed by atoms with Crippen LogP contribution in [0.1, 0.15) is 0 Å². The Hall–Kier alpha value is -1.54. The van der Waals surface area contributed by atoms with Crippen molar-refractivity contribution in [2.45, 2.75) is 10.6 Å². The molecule has 1 aliphatic heterocycles. The van der Waals surface area contributed by atoms with Crippen molar-refractivity contribution < 1.29 is 9.47 Å². The van der Waals surface area contributed by atoms with Gasteiger partial charge < -0.3 is 0 Å². The summed E-state index contributed by atoms with van der Waals surface area (Å²) in [6, 6.07) is 7.60. The van der Waals surface area contributed by atoms with Crippen molar-refractivity contribution >= 4 is 15.0 Å². The summed E-state index contributed by atoms with van der Waals surface area (Å²) in [6.07, 6.45) is 0. The molecule has 1 heterocycles. The molecule has 0 spiro atoms. The number of benzene rings is 1. The molecule has 0 amide bonds. The van der Waals surface area contributed by atoms with Crippen molar-refractivity contribution in [1.82, 2.24) is 0 Å². The molecule has 0 aliphatic carbocycles. The summed E-state index contributed by atoms with van der Waals surface area (Å²) in [5.74, 6) is 13.7. The second-order valence-electron chi connectivity index (χ2n) is 3.22. The third-order valence-electron chi connectivity index (χ3n) is 2.05. The number of rotatable bonds is 0. The molecular formula is C14H12O2Se. The van der Waals surface area contributed by atoms with Gasteiger partial charge in [0.15, 0.2) is 0 Å². The van der Waals surface area contributed by atoms with E-state index in [4.69, 9.17) is 9.47 Å². The van der Waals surface area contributed by atoms with Crippen LogP contribution in [0.3, 0.4) is 0 Å². The Morgan fingerprint density at radius 3 is 1.88 bits per heavy atom. The summed E-state index contributed by atoms with van der Waals surface area (Å²) in [6.45, 7) is 0.828. The Labute approximate surface area is 108 Å². The maximum atomic E-state index is 5.56. The predicted molar refractivity (Wildman–Crippen MR) is 68.4 cm³/mol. The van der Waals surface area contributed by atoms with E-state index in [-0.39, 0.29) is 0 Å². The van der Waals surface area contributed by atoms with Crippen molar-refractivity contribution in [2.24, 2.45) is 0 Å². The van der Waals surface area contributed by atoms with E-state index in [2.05, 4.69) is 23.7 Å². The van der Waals surface area contributed by atoms with Crippen LogP contribution in [0.15, 0.2) is 24.3 Å². The Balaban J connectivity index is 2.12. The number of hydrogen-bond donors (Lipinski definition) is 0. The van der Waals surface area contributed by atoms with Gasteiger partial charge in [0.2, 0.25) is 0 Å². The molecule has 2 rings (SSSR count). The van der Waals surface area contributed by atoms with Crippen molar-refractivity contribution in [3.8, 4) is 35.2 Å². The van der Waals surface area contributed by atoms with Crippen molar-refractivity contribution in [2.75, 3.05) is 13.2 Å². The minimum atomic E-state index is 0.414. The van der Waals surface area contributed by atoms with E-state index in [0.717, 1.165) is 22.1 Å². The van der Waals surface area contributed by atoms with Gasteiger partial charge in [-0.1, -0.05) is 0 Å². The first-order valence-corrected chi connectivity index (χ1v) is 7.73. The molecule has 2 nitrogen and oxygen atoms in total. The molecule has 0 bridgehead atoms. The van der Waals surface area contributed by atoms with Crippen LogP contribution in [0.5, 0.6) is 11.5 Å². The molecule has 1 aromatic rings. The van der Waals surface area contributed by atoms with Gasteiger partial charge in [-0.3, -0.25) is 0 Å². The minimum absolute atomic E-state index is 0.414. The second kappa shape index (κ2) is 6.92. The van der Waals surface area contributed by atoms with E-state index >= 15 is 0 Å². The van der Waals surface area contributed by atoms with Gasteiger partial charge in [0.25, 0.3) is 0 Å². The molecule has 0 aromatic heterocycles. The van der Waals surface area contributed by atoms with Crippen LogP contribution in [-0.4, -0.2) is 28.2 Å². The molecule has 17 heavy (non-hydrogen) atoms. The van der Waals surface area contributed by atoms with E-state index in [1.807, 2.05) is 24.3 Å². The van der Waals surface area contributed by atoms with E-state index in [0.29, 0.717) is 28.2 Å². The Morgan fingerprint density at radius 1 is 0.824 bits per heavy atom. The van der Waals surface area contributed by atoms with Crippen LogP contribution in [0.25, 0.3) is 0 Å². The van der Waals surface area contributed by atoms with E-state index in [9.17, 15) is 0 Å². The monoisotopic (exact) mass is 292 g/mol. The average molecular weight is 291 g/mol. The molecule has 0 unspecified atom stereocenters. The molecule has 0 radical (unpaired) electrons. The van der Waals surface area contributed by atoms with Crippen LogP contribution < -0.4 is 9.47 Å². The van der Waals surface area contributed by atoms with Gasteiger partial charge >= 0.3 is 108 Å². The molecule has 0 fully saturated rings. The van der Waals surface area contributed by atoms with E-state index in [1.54, 1.807) is 0 Å². The number of para-hydroxylation sites is 2. The normalized spacial score (nSPS) is 14.8. The SMILES string of the molecule is C1#CC[Se]CC#CCOc2ccccc2OC1. The van der Waals surface area contributed by atoms with Gasteiger partial charge in [-0.25, -0.2) is 0 Å². The summed E-state index contributed by atoms with van der Waals surface area (Å²) < 4.78 is 11.1. The third-order valence-corrected chi connectivity index (χ3v) is 3.51. The van der Waals surface area contributed by atoms with Gasteiger partial charge in [-0.2, -0.15) is 0 Å². The van der Waals surface area contributed by atoms with Crippen LogP contribution in [0.2, 0.25) is 10.6 Å². The fourth-order valence-corrected chi connectivity index (χ4v) is 2.34. The van der Waals surface area contributed by atoms with Crippen LogP contribution >= 0.6 is 0 Å². The van der Waals surface area contributed by atoms with E-state index < -0.39 is 0 Å². The number of fused-ring (bicyclic) bond motifs is 1. The molecule has 86 valence electrons. The Kier molecular flexibility index (Phi) is 4.85. The Bertz CT molecular complexity index is 443. The standard InChI is InChI=1S/C14H12O2Se/c1-2-8-14-13(7-1)15-9-3-5-11-17-12-6-4-10-16-14/h1-2,7-8H,9-12H2. The molecule has 1 aliphatic rings. The first-order valence-electron chi connectivity index (χ1n) is 5.30. The van der Waals surface area contributed by atoms with Crippen LogP contribution in [-0.2, 0) is 0 Å². The van der Waals surface area contributed by atoms with E-state index in [1.165, 1.54) is 0 Å². The zero-order valence-corrected chi connectivity index (χ0v) is 11.1. The average Bonchev–Trinajstić information content (AvgIpc) is 2.38. The van der Waals surface area contributed by atoms with Gasteiger partial charge in [0.1, 0.15) is 0 Å². The first kappa shape index (κ1) is 11.9. The molecule has 0 atom stereocenters. The van der Waals surface area contributed by atoms with Crippen molar-refractivity contribution in [1.29, 1.82) is 0 Å². The van der Waals surface area contributed by atoms with Gasteiger partial charge in [-0.05, 0) is 0 Å². The molecule has 0 saturated heterocycles. The van der Waals surface area contributed by atoms with Gasteiger partial charge in [0.05, 0.1) is 0 Å². The number of hydrogen-bond acceptors (Lipinski definition) is 2. The predicted octanol–water partition coefficient (Wildman–Crippen LogP) is 2.01. The summed E-state index contributed by atoms with van der Waals surface area (Å²) in [5, 5.41) is 1.88. The second-order valence-corrected chi connectivity index (χ2v) is 5.29. The molecular weight excluding hydrogens is 279 g/mol. The zero-order chi connectivity index (χ0) is 11.8. The van der Waals surface area contributed by atoms with Crippen molar-refractivity contribution in [3.05, 3.63) is 24.3 Å². The van der Waals surface area contributed by atoms with Gasteiger partial charge in [-0.15, -0.1) is 0 Å². The van der Waals surface area contributed by atoms with Gasteiger partial charge in [0, 0.05) is 0 Å². The van der Waals surface area contributed by atoms with Crippen molar-refractivity contribution in [3.63, 3.8) is 0 Å². The zero-order valence-electron chi connectivity index (χ0n) is 9.36. The maximum absolute atomic E-state index is 5.56. The topological polar surface area (TPSA) is 18.5 Å². The number of ether oxygens (including phenoxy) is 2. The summed E-state index contributed by atoms with van der Waals surface area (Å²) in [7, 11) is 0. The Morgan fingerprint density at radius 2 is 1.35 bits per heavy atom. The fraction of sp³-hybridized carbons (Fsp3) is 0.286. The summed E-state index contributed by atoms with van der Waals surface area (Å²) in [5.41, 5.74) is 0. The molecule has 0 N–H and O–H groups in total. The van der Waals surface area contributed by atoms with Crippen LogP contribution in [0.4, 0.5) is 0 Å². The summed E-state index contributed by atoms with van der Waals surface area (Å²) >= 11 is 0.487. The van der Waals surface area contributed by atoms with Crippen LogP contribution in [0, 0.1) is 23.7 Å². The molecule has 0 saturated carbocycles. The molecule has 1 aromatic carbocycles. The summed E-state index contributed by atoms with van der Waals surface area (Å²) in [4.78, 5) is 0. The first-order chi connectivity index (χ1) is 8.47. The quantitative estimate of drug-likeness (QED) is 0.538. The fourth-order valence-electron chi connectivity index (χ4n) is 1.27.